The van der Waals surface area contributed by atoms with E-state index in [1.54, 1.807) is 30.1 Å². The number of carbonyl (C=O) groups excluding carboxylic acids is 1. The second-order valence-electron chi connectivity index (χ2n) is 7.19. The van der Waals surface area contributed by atoms with Crippen molar-refractivity contribution < 1.29 is 4.79 Å². The predicted octanol–water partition coefficient (Wildman–Crippen LogP) is 3.05. The second kappa shape index (κ2) is 7.00. The molecule has 1 amide bonds. The second-order valence-corrected chi connectivity index (χ2v) is 8.92. The molecule has 7 nitrogen and oxygen atoms in total. The van der Waals surface area contributed by atoms with Crippen molar-refractivity contribution >= 4 is 28.5 Å². The van der Waals surface area contributed by atoms with E-state index in [0.717, 1.165) is 12.1 Å². The highest BCUT2D eigenvalue weighted by atomic mass is 32.2. The fourth-order valence-corrected chi connectivity index (χ4v) is 4.36. The van der Waals surface area contributed by atoms with Gasteiger partial charge in [-0.2, -0.15) is 5.26 Å². The fourth-order valence-electron chi connectivity index (χ4n) is 3.19. The molecule has 2 aromatic heterocycles. The largest absolute Gasteiger partial charge is 0.378 e. The molecule has 1 aliphatic rings. The number of thioether (sulfide) groups is 1. The van der Waals surface area contributed by atoms with Crippen LogP contribution in [0.1, 0.15) is 48.9 Å². The maximum atomic E-state index is 12.4. The number of aromatic nitrogens is 2. The molecule has 3 rings (SSSR count). The highest BCUT2D eigenvalue weighted by Crippen LogP contribution is 2.44. The van der Waals surface area contributed by atoms with Crippen molar-refractivity contribution in [2.24, 2.45) is 10.7 Å². The molecule has 0 radical (unpaired) electrons. The van der Waals surface area contributed by atoms with E-state index in [4.69, 9.17) is 11.0 Å². The molecule has 27 heavy (non-hydrogen) atoms. The number of hydrogen-bond acceptors (Lipinski definition) is 7. The van der Waals surface area contributed by atoms with Crippen LogP contribution in [0.25, 0.3) is 0 Å². The van der Waals surface area contributed by atoms with Crippen molar-refractivity contribution in [3.8, 4) is 6.07 Å². The number of amides is 1. The van der Waals surface area contributed by atoms with Gasteiger partial charge in [-0.1, -0.05) is 25.6 Å². The summed E-state index contributed by atoms with van der Waals surface area (Å²) in [6.07, 6.45) is 3.78. The minimum atomic E-state index is -0.563. The molecule has 0 spiro atoms. The molecule has 0 aromatic carbocycles. The molecule has 0 saturated carbocycles. The number of rotatable bonds is 3. The summed E-state index contributed by atoms with van der Waals surface area (Å²) in [5, 5.41) is 12.2. The Morgan fingerprint density at radius 2 is 2.07 bits per heavy atom. The SMILES string of the molecule is CC1(C)C[C@@](C)(c2cc(NC(=O)c3ccc(C#N)cn3)ccn2)N=C(N)S1. The first-order chi connectivity index (χ1) is 12.7. The van der Waals surface area contributed by atoms with Crippen LogP contribution in [0.5, 0.6) is 0 Å². The quantitative estimate of drug-likeness (QED) is 0.845. The molecule has 0 bridgehead atoms. The van der Waals surface area contributed by atoms with Gasteiger partial charge in [0.1, 0.15) is 17.3 Å². The van der Waals surface area contributed by atoms with Gasteiger partial charge in [-0.25, -0.2) is 9.98 Å². The Balaban J connectivity index is 1.84. The highest BCUT2D eigenvalue weighted by molar-refractivity contribution is 8.15. The van der Waals surface area contributed by atoms with E-state index in [1.165, 1.54) is 12.3 Å². The van der Waals surface area contributed by atoms with E-state index in [0.29, 0.717) is 16.4 Å². The Morgan fingerprint density at radius 1 is 1.30 bits per heavy atom. The summed E-state index contributed by atoms with van der Waals surface area (Å²) < 4.78 is -0.0616. The molecule has 0 fully saturated rings. The maximum absolute atomic E-state index is 12.4. The summed E-state index contributed by atoms with van der Waals surface area (Å²) >= 11 is 1.55. The lowest BCUT2D eigenvalue weighted by atomic mass is 9.87. The molecule has 1 atom stereocenters. The summed E-state index contributed by atoms with van der Waals surface area (Å²) in [5.41, 5.74) is 7.44. The summed E-state index contributed by atoms with van der Waals surface area (Å²) in [7, 11) is 0. The van der Waals surface area contributed by atoms with E-state index in [2.05, 4.69) is 34.1 Å². The van der Waals surface area contributed by atoms with E-state index in [9.17, 15) is 4.79 Å². The number of aliphatic imine (C=N–C) groups is 1. The average Bonchev–Trinajstić information content (AvgIpc) is 2.60. The van der Waals surface area contributed by atoms with Gasteiger partial charge in [0.15, 0.2) is 5.17 Å². The molecule has 0 aliphatic carbocycles. The summed E-state index contributed by atoms with van der Waals surface area (Å²) in [4.78, 5) is 25.5. The molecular formula is C19H20N6OS. The summed E-state index contributed by atoms with van der Waals surface area (Å²) in [5.74, 6) is -0.357. The Morgan fingerprint density at radius 3 is 2.70 bits per heavy atom. The molecule has 8 heteroatoms. The van der Waals surface area contributed by atoms with Crippen LogP contribution in [-0.2, 0) is 5.54 Å². The molecule has 3 N–H and O–H groups in total. The van der Waals surface area contributed by atoms with Gasteiger partial charge in [-0.15, -0.1) is 0 Å². The van der Waals surface area contributed by atoms with Gasteiger partial charge in [0.2, 0.25) is 0 Å². The zero-order chi connectivity index (χ0) is 19.7. The Bertz CT molecular complexity index is 947. The number of nitrogens with two attached hydrogens (primary N) is 1. The van der Waals surface area contributed by atoms with Crippen LogP contribution in [0.3, 0.4) is 0 Å². The van der Waals surface area contributed by atoms with Crippen molar-refractivity contribution in [1.29, 1.82) is 5.26 Å². The summed E-state index contributed by atoms with van der Waals surface area (Å²) in [6.45, 7) is 6.25. The molecule has 2 aromatic rings. The van der Waals surface area contributed by atoms with Crippen molar-refractivity contribution in [2.45, 2.75) is 37.5 Å². The smallest absolute Gasteiger partial charge is 0.274 e. The molecule has 138 valence electrons. The van der Waals surface area contributed by atoms with Gasteiger partial charge in [-0.05, 0) is 37.6 Å². The monoisotopic (exact) mass is 380 g/mol. The molecule has 1 aliphatic heterocycles. The summed E-state index contributed by atoms with van der Waals surface area (Å²) in [6, 6.07) is 8.57. The van der Waals surface area contributed by atoms with Crippen LogP contribution < -0.4 is 11.1 Å². The first-order valence-electron chi connectivity index (χ1n) is 8.39. The predicted molar refractivity (Wildman–Crippen MR) is 106 cm³/mol. The van der Waals surface area contributed by atoms with Gasteiger partial charge in [0, 0.05) is 22.8 Å². The molecule has 0 saturated heterocycles. The van der Waals surface area contributed by atoms with Crippen molar-refractivity contribution in [3.63, 3.8) is 0 Å². The molecular weight excluding hydrogens is 360 g/mol. The Hall–Kier alpha value is -2.92. The van der Waals surface area contributed by atoms with Crippen LogP contribution in [0.15, 0.2) is 41.7 Å². The number of nitrogens with zero attached hydrogens (tertiary/aromatic N) is 4. The normalized spacial score (nSPS) is 21.0. The van der Waals surface area contributed by atoms with Crippen molar-refractivity contribution in [3.05, 3.63) is 53.6 Å². The van der Waals surface area contributed by atoms with E-state index in [-0.39, 0.29) is 16.3 Å². The third kappa shape index (κ3) is 4.26. The first-order valence-corrected chi connectivity index (χ1v) is 9.21. The standard InChI is InChI=1S/C19H20N6OS/c1-18(2)11-19(3,25-17(21)27-18)15-8-13(6-7-22-15)24-16(26)14-5-4-12(9-20)10-23-14/h4-8,10H,11H2,1-3H3,(H2,21,25)(H,22,24,26)/t19-/m0/s1. The van der Waals surface area contributed by atoms with Crippen LogP contribution in [0, 0.1) is 11.3 Å². The van der Waals surface area contributed by atoms with E-state index < -0.39 is 5.54 Å². The topological polar surface area (TPSA) is 117 Å². The fraction of sp³-hybridized carbons (Fsp3) is 0.316. The van der Waals surface area contributed by atoms with Gasteiger partial charge < -0.3 is 11.1 Å². The van der Waals surface area contributed by atoms with E-state index in [1.807, 2.05) is 19.1 Å². The Kier molecular flexibility index (Phi) is 4.89. The van der Waals surface area contributed by atoms with Gasteiger partial charge in [0.25, 0.3) is 5.91 Å². The highest BCUT2D eigenvalue weighted by Gasteiger charge is 2.40. The Labute approximate surface area is 162 Å². The lowest BCUT2D eigenvalue weighted by Gasteiger charge is -2.38. The number of nitrogens with one attached hydrogen (secondary N) is 1. The number of anilines is 1. The van der Waals surface area contributed by atoms with E-state index >= 15 is 0 Å². The van der Waals surface area contributed by atoms with Crippen LogP contribution in [0.2, 0.25) is 0 Å². The van der Waals surface area contributed by atoms with Gasteiger partial charge >= 0.3 is 0 Å². The van der Waals surface area contributed by atoms with Crippen LogP contribution >= 0.6 is 11.8 Å². The zero-order valence-corrected chi connectivity index (χ0v) is 16.2. The third-order valence-corrected chi connectivity index (χ3v) is 5.20. The van der Waals surface area contributed by atoms with Gasteiger partial charge in [0.05, 0.1) is 11.3 Å². The number of amidine groups is 1. The zero-order valence-electron chi connectivity index (χ0n) is 15.4. The minimum Gasteiger partial charge on any atom is -0.378 e. The minimum absolute atomic E-state index is 0.0616. The lowest BCUT2D eigenvalue weighted by molar-refractivity contribution is 0.102. The van der Waals surface area contributed by atoms with Crippen LogP contribution in [0.4, 0.5) is 5.69 Å². The molecule has 3 heterocycles. The van der Waals surface area contributed by atoms with Crippen LogP contribution in [-0.4, -0.2) is 25.8 Å². The average molecular weight is 380 g/mol. The van der Waals surface area contributed by atoms with Crippen molar-refractivity contribution in [2.75, 3.05) is 5.32 Å². The number of pyridine rings is 2. The molecule has 0 unspecified atom stereocenters. The number of nitriles is 1. The first kappa shape index (κ1) is 18.9. The third-order valence-electron chi connectivity index (χ3n) is 4.20. The lowest BCUT2D eigenvalue weighted by Crippen LogP contribution is -2.38. The number of hydrogen-bond donors (Lipinski definition) is 2. The van der Waals surface area contributed by atoms with Crippen molar-refractivity contribution in [1.82, 2.24) is 9.97 Å². The van der Waals surface area contributed by atoms with Gasteiger partial charge in [-0.3, -0.25) is 9.78 Å². The maximum Gasteiger partial charge on any atom is 0.274 e. The number of carbonyl (C=O) groups is 1.